The molecule has 0 fully saturated rings. The maximum atomic E-state index is 13.3. The summed E-state index contributed by atoms with van der Waals surface area (Å²) in [6, 6.07) is 17.0. The summed E-state index contributed by atoms with van der Waals surface area (Å²) in [5.41, 5.74) is 14.1. The SMILES string of the molecule is CC[C@@H]1CN(Cc2cc([C@@H](c3ccc4c(nnn4CC)c3C)C(C)(C)C(=O)N=[N+]=[N-])ccc2C)S(O)(O)c2ccccc2O1. The van der Waals surface area contributed by atoms with Gasteiger partial charge in [0.25, 0.3) is 0 Å². The fraction of sp³-hybridized carbons (Fsp3) is 0.406. The van der Waals surface area contributed by atoms with Crippen LogP contribution in [0, 0.1) is 19.3 Å². The minimum absolute atomic E-state index is 0.229. The van der Waals surface area contributed by atoms with Gasteiger partial charge in [-0.3, -0.25) is 13.9 Å². The van der Waals surface area contributed by atoms with Gasteiger partial charge in [-0.2, -0.15) is 4.31 Å². The van der Waals surface area contributed by atoms with Gasteiger partial charge in [-0.1, -0.05) is 62.4 Å². The van der Waals surface area contributed by atoms with E-state index in [0.29, 0.717) is 30.2 Å². The van der Waals surface area contributed by atoms with Gasteiger partial charge >= 0.3 is 0 Å². The second-order valence-electron chi connectivity index (χ2n) is 11.8. The number of hydrogen-bond acceptors (Lipinski definition) is 7. The van der Waals surface area contributed by atoms with Crippen LogP contribution in [0.5, 0.6) is 5.75 Å². The van der Waals surface area contributed by atoms with E-state index >= 15 is 0 Å². The topological polar surface area (TPSA) is 149 Å². The quantitative estimate of drug-likeness (QED) is 0.117. The number of nitrogens with zero attached hydrogens (tertiary/aromatic N) is 7. The number of para-hydroxylation sites is 1. The molecule has 0 saturated carbocycles. The lowest BCUT2D eigenvalue weighted by Crippen LogP contribution is -2.35. The molecule has 232 valence electrons. The second kappa shape index (κ2) is 12.2. The van der Waals surface area contributed by atoms with Crippen molar-refractivity contribution in [3.63, 3.8) is 0 Å². The van der Waals surface area contributed by atoms with E-state index in [1.165, 1.54) is 0 Å². The zero-order chi connectivity index (χ0) is 31.8. The van der Waals surface area contributed by atoms with Crippen molar-refractivity contribution in [2.45, 2.75) is 78.0 Å². The molecule has 0 spiro atoms. The summed E-state index contributed by atoms with van der Waals surface area (Å²) in [7, 11) is -3.36. The van der Waals surface area contributed by atoms with Crippen molar-refractivity contribution in [1.29, 1.82) is 0 Å². The average molecular weight is 618 g/mol. The summed E-state index contributed by atoms with van der Waals surface area (Å²) in [6.45, 7) is 12.8. The fourth-order valence-corrected chi connectivity index (χ4v) is 7.68. The number of benzene rings is 3. The van der Waals surface area contributed by atoms with E-state index in [1.54, 1.807) is 36.4 Å². The van der Waals surface area contributed by atoms with E-state index in [1.807, 2.05) is 68.8 Å². The molecule has 5 rings (SSSR count). The van der Waals surface area contributed by atoms with E-state index in [-0.39, 0.29) is 12.6 Å². The monoisotopic (exact) mass is 617 g/mol. The number of rotatable bonds is 8. The Kier molecular flexibility index (Phi) is 8.75. The Bertz CT molecular complexity index is 1760. The lowest BCUT2D eigenvalue weighted by atomic mass is 9.69. The summed E-state index contributed by atoms with van der Waals surface area (Å²) < 4.78 is 32.9. The molecule has 1 aromatic heterocycles. The first-order chi connectivity index (χ1) is 20.9. The summed E-state index contributed by atoms with van der Waals surface area (Å²) in [6.07, 6.45) is 0.467. The molecule has 2 heterocycles. The van der Waals surface area contributed by atoms with Crippen molar-refractivity contribution in [2.24, 2.45) is 10.5 Å². The highest BCUT2D eigenvalue weighted by Gasteiger charge is 2.40. The molecule has 3 aromatic carbocycles. The van der Waals surface area contributed by atoms with Crippen LogP contribution in [0.25, 0.3) is 21.5 Å². The molecule has 1 aliphatic rings. The van der Waals surface area contributed by atoms with Crippen molar-refractivity contribution in [3.8, 4) is 5.75 Å². The first-order valence-corrected chi connectivity index (χ1v) is 16.2. The number of hydrogen-bond donors (Lipinski definition) is 2. The molecule has 0 unspecified atom stereocenters. The molecule has 1 aliphatic heterocycles. The molecule has 0 bridgehead atoms. The standard InChI is InChI=1S/C32H39N7O4S/c1-7-24-19-38(44(41,42)28-12-10-9-11-27(28)43-24)18-23-17-22(14-13-20(23)3)29(32(5,6)31(40)35-36-33)25-15-16-26-30(21(25)4)34-37-39(26)8-2/h9-17,24,29,41-42H,7-8,18-19H2,1-6H3/t24-,29+/m1/s1. The van der Waals surface area contributed by atoms with Gasteiger partial charge in [0.15, 0.2) is 0 Å². The third kappa shape index (κ3) is 5.55. The Morgan fingerprint density at radius 2 is 1.93 bits per heavy atom. The molecule has 2 atom stereocenters. The average Bonchev–Trinajstić information content (AvgIpc) is 3.39. The fourth-order valence-electron chi connectivity index (χ4n) is 6.07. The normalized spacial score (nSPS) is 18.0. The van der Waals surface area contributed by atoms with Crippen LogP contribution in [-0.2, 0) is 17.9 Å². The highest BCUT2D eigenvalue weighted by molar-refractivity contribution is 8.22. The largest absolute Gasteiger partial charge is 0.487 e. The Balaban J connectivity index is 1.63. The van der Waals surface area contributed by atoms with Crippen LogP contribution >= 0.6 is 10.8 Å². The number of fused-ring (bicyclic) bond motifs is 2. The third-order valence-electron chi connectivity index (χ3n) is 8.72. The van der Waals surface area contributed by atoms with Gasteiger partial charge in [0, 0.05) is 29.3 Å². The number of aromatic nitrogens is 3. The highest BCUT2D eigenvalue weighted by atomic mass is 32.3. The minimum atomic E-state index is -3.36. The van der Waals surface area contributed by atoms with E-state index < -0.39 is 28.0 Å². The zero-order valence-corrected chi connectivity index (χ0v) is 26.7. The van der Waals surface area contributed by atoms with Gasteiger partial charge < -0.3 is 4.74 Å². The van der Waals surface area contributed by atoms with Crippen LogP contribution < -0.4 is 4.74 Å². The number of azide groups is 1. The van der Waals surface area contributed by atoms with E-state index in [0.717, 1.165) is 38.9 Å². The highest BCUT2D eigenvalue weighted by Crippen LogP contribution is 2.57. The molecule has 4 aromatic rings. The van der Waals surface area contributed by atoms with Crippen LogP contribution in [0.1, 0.15) is 67.9 Å². The minimum Gasteiger partial charge on any atom is -0.487 e. The predicted octanol–water partition coefficient (Wildman–Crippen LogP) is 7.76. The summed E-state index contributed by atoms with van der Waals surface area (Å²) in [4.78, 5) is 16.5. The number of amides is 1. The number of carbonyl (C=O) groups excluding carboxylic acids is 1. The number of ether oxygens (including phenoxy) is 1. The molecule has 1 amide bonds. The van der Waals surface area contributed by atoms with Crippen molar-refractivity contribution >= 4 is 27.7 Å². The Hall–Kier alpha value is -3.93. The molecule has 0 saturated heterocycles. The molecular weight excluding hydrogens is 578 g/mol. The maximum Gasteiger partial charge on any atom is 0.225 e. The van der Waals surface area contributed by atoms with Gasteiger partial charge in [-0.15, -0.1) is 15.9 Å². The van der Waals surface area contributed by atoms with E-state index in [4.69, 9.17) is 10.3 Å². The van der Waals surface area contributed by atoms with Gasteiger partial charge in [0.05, 0.1) is 12.1 Å². The zero-order valence-electron chi connectivity index (χ0n) is 25.9. The number of aryl methyl sites for hydroxylation is 3. The molecule has 0 radical (unpaired) electrons. The number of carbonyl (C=O) groups is 1. The van der Waals surface area contributed by atoms with Crippen molar-refractivity contribution in [3.05, 3.63) is 92.9 Å². The first-order valence-electron chi connectivity index (χ1n) is 14.7. The van der Waals surface area contributed by atoms with Crippen LogP contribution in [-0.4, -0.2) is 47.0 Å². The molecule has 2 N–H and O–H groups in total. The van der Waals surface area contributed by atoms with Gasteiger partial charge in [0.1, 0.15) is 22.3 Å². The molecule has 12 heteroatoms. The first kappa shape index (κ1) is 31.5. The van der Waals surface area contributed by atoms with E-state index in [9.17, 15) is 13.9 Å². The van der Waals surface area contributed by atoms with Crippen LogP contribution in [0.3, 0.4) is 0 Å². The molecular formula is C32H39N7O4S. The third-order valence-corrected chi connectivity index (χ3v) is 10.6. The molecule has 44 heavy (non-hydrogen) atoms. The smallest absolute Gasteiger partial charge is 0.225 e. The van der Waals surface area contributed by atoms with Crippen LogP contribution in [0.2, 0.25) is 0 Å². The van der Waals surface area contributed by atoms with Crippen molar-refractivity contribution < 1.29 is 18.6 Å². The lowest BCUT2D eigenvalue weighted by molar-refractivity contribution is -0.126. The summed E-state index contributed by atoms with van der Waals surface area (Å²) in [5.74, 6) is -0.602. The van der Waals surface area contributed by atoms with Crippen LogP contribution in [0.4, 0.5) is 0 Å². The lowest BCUT2D eigenvalue weighted by Gasteiger charge is -2.42. The maximum absolute atomic E-state index is 13.3. The van der Waals surface area contributed by atoms with Gasteiger partial charge in [0.2, 0.25) is 5.91 Å². The van der Waals surface area contributed by atoms with E-state index in [2.05, 4.69) is 20.3 Å². The molecule has 0 aliphatic carbocycles. The van der Waals surface area contributed by atoms with Crippen molar-refractivity contribution in [1.82, 2.24) is 19.3 Å². The molecule has 11 nitrogen and oxygen atoms in total. The van der Waals surface area contributed by atoms with Gasteiger partial charge in [-0.25, -0.2) is 4.68 Å². The van der Waals surface area contributed by atoms with Crippen LogP contribution in [0.15, 0.2) is 64.6 Å². The van der Waals surface area contributed by atoms with Gasteiger partial charge in [-0.05, 0) is 83.9 Å². The predicted molar refractivity (Wildman–Crippen MR) is 172 cm³/mol. The second-order valence-corrected chi connectivity index (χ2v) is 13.8. The van der Waals surface area contributed by atoms with Crippen molar-refractivity contribution in [2.75, 3.05) is 6.54 Å². The summed E-state index contributed by atoms with van der Waals surface area (Å²) in [5, 5.41) is 12.2. The Morgan fingerprint density at radius 3 is 2.64 bits per heavy atom. The Labute approximate surface area is 258 Å². The summed E-state index contributed by atoms with van der Waals surface area (Å²) >= 11 is 0. The Morgan fingerprint density at radius 1 is 1.18 bits per heavy atom.